The highest BCUT2D eigenvalue weighted by molar-refractivity contribution is 7.51. The summed E-state index contributed by atoms with van der Waals surface area (Å²) < 4.78 is 45.4. The van der Waals surface area contributed by atoms with Crippen molar-refractivity contribution in [1.82, 2.24) is 5.06 Å². The maximum Gasteiger partial charge on any atom is 0.377 e. The van der Waals surface area contributed by atoms with Crippen LogP contribution in [0.3, 0.4) is 0 Å². The lowest BCUT2D eigenvalue weighted by molar-refractivity contribution is -0.225. The Morgan fingerprint density at radius 1 is 0.477 bits per heavy atom. The number of amides is 2. The van der Waals surface area contributed by atoms with Crippen LogP contribution < -0.4 is 5.73 Å². The predicted molar refractivity (Wildman–Crippen MR) is 334 cm³/mol. The van der Waals surface area contributed by atoms with Gasteiger partial charge in [0.1, 0.15) is 12.6 Å². The number of carboxylic acids is 1. The van der Waals surface area contributed by atoms with Crippen LogP contribution in [0.4, 0.5) is 0 Å². The van der Waals surface area contributed by atoms with E-state index in [0.29, 0.717) is 51.4 Å². The molecule has 0 aliphatic carbocycles. The van der Waals surface area contributed by atoms with Crippen molar-refractivity contribution in [2.24, 2.45) is 23.5 Å². The van der Waals surface area contributed by atoms with Crippen molar-refractivity contribution in [2.75, 3.05) is 26.5 Å². The summed E-state index contributed by atoms with van der Waals surface area (Å²) in [6, 6.07) is -1.19. The van der Waals surface area contributed by atoms with Gasteiger partial charge >= 0.3 is 49.4 Å². The minimum absolute atomic E-state index is 0.0702. The fourth-order valence-corrected chi connectivity index (χ4v) is 10.4. The van der Waals surface area contributed by atoms with Crippen molar-refractivity contribution in [3.63, 3.8) is 0 Å². The lowest BCUT2D eigenvalue weighted by Gasteiger charge is -2.35. The molecule has 22 nitrogen and oxygen atoms in total. The molecule has 0 radical (unpaired) electrons. The van der Waals surface area contributed by atoms with Crippen molar-refractivity contribution in [1.29, 1.82) is 0 Å². The zero-order valence-corrected chi connectivity index (χ0v) is 56.1. The zero-order valence-electron chi connectivity index (χ0n) is 55.2. The van der Waals surface area contributed by atoms with Gasteiger partial charge in [-0.2, -0.15) is 0 Å². The second-order valence-electron chi connectivity index (χ2n) is 23.9. The number of hydrogen-bond acceptors (Lipinski definition) is 18. The average molecular weight is 1280 g/mol. The van der Waals surface area contributed by atoms with Crippen LogP contribution in [0.5, 0.6) is 0 Å². The molecular weight excluding hydrogens is 1160 g/mol. The summed E-state index contributed by atoms with van der Waals surface area (Å²) in [5.74, 6) is -11.6. The van der Waals surface area contributed by atoms with Gasteiger partial charge in [-0.1, -0.05) is 235 Å². The van der Waals surface area contributed by atoms with Crippen molar-refractivity contribution < 1.29 is 95.9 Å². The van der Waals surface area contributed by atoms with Crippen LogP contribution >= 0.6 is 7.60 Å². The fraction of sp³-hybridized carbons (Fsp3) is 0.862. The molecule has 1 aliphatic rings. The van der Waals surface area contributed by atoms with Crippen LogP contribution in [0.1, 0.15) is 286 Å². The molecular formula is C65H117N2O20P. The van der Waals surface area contributed by atoms with E-state index >= 15 is 0 Å². The maximum atomic E-state index is 14.7. The highest BCUT2D eigenvalue weighted by atomic mass is 31.2. The summed E-state index contributed by atoms with van der Waals surface area (Å²) in [7, 11) is -2.71. The monoisotopic (exact) mass is 1280 g/mol. The number of imide groups is 1. The molecule has 0 spiro atoms. The van der Waals surface area contributed by atoms with E-state index in [1.165, 1.54) is 13.5 Å². The molecule has 512 valence electrons. The largest absolute Gasteiger partial charge is 0.480 e. The van der Waals surface area contributed by atoms with E-state index in [1.807, 2.05) is 0 Å². The Balaban J connectivity index is 0.00000620. The number of carbonyl (C=O) groups is 9. The molecule has 0 aromatic heterocycles. The van der Waals surface area contributed by atoms with E-state index in [2.05, 4.69) is 27.7 Å². The molecule has 8 atom stereocenters. The number of aliphatic carboxylic acids is 1. The van der Waals surface area contributed by atoms with Crippen molar-refractivity contribution in [3.05, 3.63) is 0 Å². The molecule has 0 bridgehead atoms. The van der Waals surface area contributed by atoms with E-state index in [1.54, 1.807) is 20.8 Å². The van der Waals surface area contributed by atoms with Gasteiger partial charge in [-0.05, 0) is 32.1 Å². The topological polar surface area (TPSA) is 325 Å². The quantitative estimate of drug-likeness (QED) is 0.0144. The predicted octanol–water partition coefficient (Wildman–Crippen LogP) is 12.6. The summed E-state index contributed by atoms with van der Waals surface area (Å²) in [6.07, 6.45) is 20.1. The van der Waals surface area contributed by atoms with Gasteiger partial charge in [0, 0.05) is 26.4 Å². The van der Waals surface area contributed by atoms with E-state index in [9.17, 15) is 47.7 Å². The smallest absolute Gasteiger partial charge is 0.377 e. The zero-order chi connectivity index (χ0) is 66.1. The number of rotatable bonds is 54. The number of unbranched alkanes of at least 4 members (excludes halogenated alkanes) is 26. The first-order valence-corrected chi connectivity index (χ1v) is 35.4. The molecule has 5 N–H and O–H groups in total. The van der Waals surface area contributed by atoms with Crippen LogP contribution in [0.15, 0.2) is 0 Å². The van der Waals surface area contributed by atoms with Crippen molar-refractivity contribution in [2.45, 2.75) is 316 Å². The number of methoxy groups -OCH3 is 1. The van der Waals surface area contributed by atoms with Gasteiger partial charge < -0.3 is 53.9 Å². The molecule has 8 unspecified atom stereocenters. The molecule has 1 saturated heterocycles. The Hall–Kier alpha value is -4.50. The minimum atomic E-state index is -4.10. The third kappa shape index (κ3) is 41.0. The Kier molecular flexibility index (Phi) is 49.5. The summed E-state index contributed by atoms with van der Waals surface area (Å²) in [5, 5.41) is 8.46. The second kappa shape index (κ2) is 52.2. The number of hydroxylamine groups is 2. The molecule has 1 heterocycles. The SMILES string of the molecule is CCCCCCCCCCCC(=O)OC(C(OC(=O)C(C)CCCCCCCCC)C(=O)ON1C(=O)CCC1=O)C(OC(=O)C(C)CCCCCCCCC)C(OC(=O)C(C)CCCCCCCCC)C(=O)OCCOC.NC(CCP(=O)(O)O)C(=O)O. The number of carboxylic acid groups (broad SMARTS) is 1. The summed E-state index contributed by atoms with van der Waals surface area (Å²) in [5.41, 5.74) is 4.98. The molecule has 0 aromatic rings. The summed E-state index contributed by atoms with van der Waals surface area (Å²) >= 11 is 0. The van der Waals surface area contributed by atoms with E-state index < -0.39 is 116 Å². The second-order valence-corrected chi connectivity index (χ2v) is 25.6. The molecule has 1 aliphatic heterocycles. The van der Waals surface area contributed by atoms with Gasteiger partial charge in [-0.3, -0.25) is 38.1 Å². The highest BCUT2D eigenvalue weighted by Crippen LogP contribution is 2.35. The van der Waals surface area contributed by atoms with Crippen LogP contribution in [0, 0.1) is 17.8 Å². The van der Waals surface area contributed by atoms with Crippen LogP contribution in [0.25, 0.3) is 0 Å². The Labute approximate surface area is 526 Å². The fourth-order valence-electron chi connectivity index (χ4n) is 9.74. The summed E-state index contributed by atoms with van der Waals surface area (Å²) in [6.45, 7) is 13.1. The molecule has 88 heavy (non-hydrogen) atoms. The number of nitrogens with zero attached hydrogens (tertiary/aromatic N) is 1. The number of nitrogens with two attached hydrogens (primary N) is 1. The maximum absolute atomic E-state index is 14.7. The van der Waals surface area contributed by atoms with Gasteiger partial charge in [-0.25, -0.2) is 9.59 Å². The van der Waals surface area contributed by atoms with Crippen molar-refractivity contribution in [3.8, 4) is 0 Å². The number of hydrogen-bond donors (Lipinski definition) is 4. The van der Waals surface area contributed by atoms with E-state index in [4.69, 9.17) is 53.9 Å². The molecule has 1 rings (SSSR count). The summed E-state index contributed by atoms with van der Waals surface area (Å²) in [4.78, 5) is 144. The molecule has 1 fully saturated rings. The third-order valence-electron chi connectivity index (χ3n) is 15.6. The van der Waals surface area contributed by atoms with Gasteiger partial charge in [0.2, 0.25) is 12.2 Å². The minimum Gasteiger partial charge on any atom is -0.480 e. The first-order chi connectivity index (χ1) is 42.0. The van der Waals surface area contributed by atoms with Crippen LogP contribution in [-0.4, -0.2) is 130 Å². The van der Waals surface area contributed by atoms with Crippen LogP contribution in [0.2, 0.25) is 0 Å². The Morgan fingerprint density at radius 3 is 1.18 bits per heavy atom. The number of esters is 5. The molecule has 23 heteroatoms. The highest BCUT2D eigenvalue weighted by Gasteiger charge is 2.53. The van der Waals surface area contributed by atoms with Gasteiger partial charge in [0.05, 0.1) is 30.5 Å². The third-order valence-corrected chi connectivity index (χ3v) is 16.4. The van der Waals surface area contributed by atoms with E-state index in [-0.39, 0.29) is 44.0 Å². The van der Waals surface area contributed by atoms with Gasteiger partial charge in [0.25, 0.3) is 11.8 Å². The molecule has 2 amide bonds. The van der Waals surface area contributed by atoms with Gasteiger partial charge in [0.15, 0.2) is 12.2 Å². The van der Waals surface area contributed by atoms with Crippen LogP contribution in [-0.2, 0) is 81.0 Å². The first-order valence-electron chi connectivity index (χ1n) is 33.6. The number of ether oxygens (including phenoxy) is 6. The van der Waals surface area contributed by atoms with Crippen molar-refractivity contribution >= 4 is 61.2 Å². The first kappa shape index (κ1) is 83.5. The Bertz CT molecular complexity index is 1990. The Morgan fingerprint density at radius 2 is 0.818 bits per heavy atom. The lowest BCUT2D eigenvalue weighted by Crippen LogP contribution is -2.58. The van der Waals surface area contributed by atoms with E-state index in [0.717, 1.165) is 154 Å². The average Bonchev–Trinajstić information content (AvgIpc) is 3.14. The molecule has 0 saturated carbocycles. The lowest BCUT2D eigenvalue weighted by atomic mass is 9.98. The normalized spacial score (nSPS) is 15.1. The number of carbonyl (C=O) groups excluding carboxylic acids is 8. The van der Waals surface area contributed by atoms with Gasteiger partial charge in [-0.15, -0.1) is 5.06 Å². The standard InChI is InChI=1S/C61H107NO15.C4H10NO5P/c1-9-13-17-21-25-26-30-34-38-42-52(65)73-53(56(61(70)77-62-50(63)43-44-51(62)64)76-59(68)49(7)41-37-33-29-24-20-16-12-4)54(74-57(66)47(5)39-35-31-27-22-18-14-10-2)55(60(69)72-46-45-71-8)75-58(67)48(6)40-36-32-28-23-19-15-11-3;5-3(4(6)7)1-2-11(8,9)10/h47-49,53-56H,9-46H2,1-8H3;3H,1-2,5H2,(H,6,7)(H2,8,9,10). The molecule has 0 aromatic carbocycles.